The Balaban J connectivity index is 2.60. The third-order valence-electron chi connectivity index (χ3n) is 2.38. The van der Waals surface area contributed by atoms with Crippen molar-refractivity contribution in [3.63, 3.8) is 0 Å². The van der Waals surface area contributed by atoms with Crippen LogP contribution in [-0.4, -0.2) is 11.9 Å². The summed E-state index contributed by atoms with van der Waals surface area (Å²) in [6, 6.07) is 3.77. The number of hydrogen-bond donors (Lipinski definition) is 1. The van der Waals surface area contributed by atoms with Crippen molar-refractivity contribution in [2.24, 2.45) is 0 Å². The minimum atomic E-state index is -0.908. The molecule has 1 aliphatic rings. The van der Waals surface area contributed by atoms with E-state index in [9.17, 15) is 5.11 Å². The van der Waals surface area contributed by atoms with Gasteiger partial charge in [0.25, 0.3) is 0 Å². The summed E-state index contributed by atoms with van der Waals surface area (Å²) < 4.78 is 11.5. The van der Waals surface area contributed by atoms with Crippen LogP contribution in [0.25, 0.3) is 0 Å². The van der Waals surface area contributed by atoms with Gasteiger partial charge < -0.3 is 14.6 Å². The van der Waals surface area contributed by atoms with Crippen LogP contribution in [0.15, 0.2) is 16.6 Å². The van der Waals surface area contributed by atoms with Crippen LogP contribution in [0.2, 0.25) is 0 Å². The molecule has 0 unspecified atom stereocenters. The number of hydrogen-bond acceptors (Lipinski definition) is 3. The number of halogens is 1. The summed E-state index contributed by atoms with van der Waals surface area (Å²) in [4.78, 5) is 0. The first-order valence-corrected chi connectivity index (χ1v) is 5.54. The first-order chi connectivity index (χ1) is 7.00. The first-order valence-electron chi connectivity index (χ1n) is 4.75. The van der Waals surface area contributed by atoms with Gasteiger partial charge in [-0.05, 0) is 26.0 Å². The van der Waals surface area contributed by atoms with Crippen molar-refractivity contribution < 1.29 is 14.6 Å². The van der Waals surface area contributed by atoms with Crippen molar-refractivity contribution in [3.05, 3.63) is 27.7 Å². The van der Waals surface area contributed by atoms with E-state index in [1.807, 2.05) is 12.1 Å². The maximum atomic E-state index is 10.1. The lowest BCUT2D eigenvalue weighted by Gasteiger charge is -2.27. The van der Waals surface area contributed by atoms with E-state index in [4.69, 9.17) is 9.47 Å². The van der Waals surface area contributed by atoms with E-state index >= 15 is 0 Å². The minimum Gasteiger partial charge on any atom is -0.467 e. The average molecular weight is 273 g/mol. The highest BCUT2D eigenvalue weighted by atomic mass is 79.9. The number of benzene rings is 1. The van der Waals surface area contributed by atoms with Gasteiger partial charge in [0.15, 0.2) is 6.79 Å². The van der Waals surface area contributed by atoms with Crippen molar-refractivity contribution in [1.82, 2.24) is 0 Å². The number of fused-ring (bicyclic) bond motifs is 1. The molecule has 1 aromatic carbocycles. The second kappa shape index (κ2) is 3.77. The van der Waals surface area contributed by atoms with Gasteiger partial charge in [0.05, 0.1) is 12.2 Å². The van der Waals surface area contributed by atoms with Crippen molar-refractivity contribution in [2.75, 3.05) is 6.79 Å². The van der Waals surface area contributed by atoms with Crippen molar-refractivity contribution in [3.8, 4) is 5.75 Å². The second-order valence-electron chi connectivity index (χ2n) is 4.07. The van der Waals surface area contributed by atoms with Gasteiger partial charge in [0.1, 0.15) is 5.75 Å². The summed E-state index contributed by atoms with van der Waals surface area (Å²) in [5.74, 6) is 0.793. The van der Waals surface area contributed by atoms with Crippen molar-refractivity contribution in [2.45, 2.75) is 26.1 Å². The zero-order chi connectivity index (χ0) is 11.1. The molecule has 0 spiro atoms. The van der Waals surface area contributed by atoms with E-state index in [0.29, 0.717) is 6.61 Å². The van der Waals surface area contributed by atoms with Crippen molar-refractivity contribution in [1.29, 1.82) is 0 Å². The topological polar surface area (TPSA) is 38.7 Å². The maximum Gasteiger partial charge on any atom is 0.189 e. The van der Waals surface area contributed by atoms with Gasteiger partial charge in [-0.25, -0.2) is 0 Å². The van der Waals surface area contributed by atoms with E-state index in [-0.39, 0.29) is 6.79 Å². The largest absolute Gasteiger partial charge is 0.467 e. The molecular formula is C11H13BrO3. The number of rotatable bonds is 1. The molecule has 0 bridgehead atoms. The molecule has 0 aromatic heterocycles. The summed E-state index contributed by atoms with van der Waals surface area (Å²) in [5, 5.41) is 10.1. The van der Waals surface area contributed by atoms with Gasteiger partial charge in [-0.15, -0.1) is 0 Å². The number of aliphatic hydroxyl groups is 1. The van der Waals surface area contributed by atoms with E-state index in [1.54, 1.807) is 13.8 Å². The molecule has 0 saturated carbocycles. The van der Waals surface area contributed by atoms with Gasteiger partial charge in [0.2, 0.25) is 0 Å². The predicted molar refractivity (Wildman–Crippen MR) is 59.7 cm³/mol. The quantitative estimate of drug-likeness (QED) is 0.854. The highest BCUT2D eigenvalue weighted by Crippen LogP contribution is 2.38. The highest BCUT2D eigenvalue weighted by Gasteiger charge is 2.27. The lowest BCUT2D eigenvalue weighted by molar-refractivity contribution is -0.0202. The summed E-state index contributed by atoms with van der Waals surface area (Å²) in [6.45, 7) is 4.26. The average Bonchev–Trinajstić information content (AvgIpc) is 2.15. The molecule has 4 heteroatoms. The molecule has 0 aliphatic carbocycles. The molecule has 0 fully saturated rings. The molecule has 1 aliphatic heterocycles. The highest BCUT2D eigenvalue weighted by molar-refractivity contribution is 9.10. The van der Waals surface area contributed by atoms with E-state index in [0.717, 1.165) is 21.3 Å². The molecule has 0 radical (unpaired) electrons. The SMILES string of the molecule is CC(C)(O)c1c(Br)ccc2c1COCO2. The molecule has 0 amide bonds. The van der Waals surface area contributed by atoms with E-state index < -0.39 is 5.60 Å². The summed E-state index contributed by atoms with van der Waals surface area (Å²) in [5.41, 5.74) is 0.844. The Labute approximate surface area is 97.1 Å². The molecule has 2 rings (SSSR count). The van der Waals surface area contributed by atoms with Crippen LogP contribution >= 0.6 is 15.9 Å². The zero-order valence-corrected chi connectivity index (χ0v) is 10.3. The summed E-state index contributed by atoms with van der Waals surface area (Å²) >= 11 is 3.44. The Kier molecular flexibility index (Phi) is 2.75. The molecule has 3 nitrogen and oxygen atoms in total. The predicted octanol–water partition coefficient (Wildman–Crippen LogP) is 2.54. The minimum absolute atomic E-state index is 0.278. The van der Waals surface area contributed by atoms with Crippen LogP contribution in [0, 0.1) is 0 Å². The smallest absolute Gasteiger partial charge is 0.189 e. The van der Waals surface area contributed by atoms with Gasteiger partial charge in [-0.3, -0.25) is 0 Å². The molecule has 15 heavy (non-hydrogen) atoms. The van der Waals surface area contributed by atoms with Gasteiger partial charge in [-0.2, -0.15) is 0 Å². The van der Waals surface area contributed by atoms with Gasteiger partial charge in [0, 0.05) is 15.6 Å². The van der Waals surface area contributed by atoms with Crippen LogP contribution in [0.1, 0.15) is 25.0 Å². The first kappa shape index (κ1) is 10.9. The zero-order valence-electron chi connectivity index (χ0n) is 8.71. The van der Waals surface area contributed by atoms with E-state index in [1.165, 1.54) is 0 Å². The van der Waals surface area contributed by atoms with Crippen LogP contribution in [0.4, 0.5) is 0 Å². The van der Waals surface area contributed by atoms with Gasteiger partial charge >= 0.3 is 0 Å². The molecule has 0 saturated heterocycles. The van der Waals surface area contributed by atoms with Crippen LogP contribution < -0.4 is 4.74 Å². The van der Waals surface area contributed by atoms with Crippen LogP contribution in [-0.2, 0) is 16.9 Å². The molecular weight excluding hydrogens is 260 g/mol. The maximum absolute atomic E-state index is 10.1. The summed E-state index contributed by atoms with van der Waals surface area (Å²) in [7, 11) is 0. The molecule has 1 heterocycles. The third-order valence-corrected chi connectivity index (χ3v) is 3.04. The fourth-order valence-electron chi connectivity index (χ4n) is 1.79. The van der Waals surface area contributed by atoms with Crippen molar-refractivity contribution >= 4 is 15.9 Å². The van der Waals surface area contributed by atoms with Crippen LogP contribution in [0.5, 0.6) is 5.75 Å². The number of ether oxygens (including phenoxy) is 2. The Hall–Kier alpha value is -0.580. The Morgan fingerprint density at radius 2 is 2.13 bits per heavy atom. The monoisotopic (exact) mass is 272 g/mol. The lowest BCUT2D eigenvalue weighted by Crippen LogP contribution is -2.22. The Morgan fingerprint density at radius 1 is 1.40 bits per heavy atom. The molecule has 1 N–H and O–H groups in total. The summed E-state index contributed by atoms with van der Waals surface area (Å²) in [6.07, 6.45) is 0. The Morgan fingerprint density at radius 3 is 2.80 bits per heavy atom. The molecule has 1 aromatic rings. The van der Waals surface area contributed by atoms with Crippen LogP contribution in [0.3, 0.4) is 0 Å². The normalized spacial score (nSPS) is 15.7. The lowest BCUT2D eigenvalue weighted by atomic mass is 9.92. The molecule has 0 atom stereocenters. The van der Waals surface area contributed by atoms with Gasteiger partial charge in [-0.1, -0.05) is 15.9 Å². The fourth-order valence-corrected chi connectivity index (χ4v) is 2.65. The Bertz CT molecular complexity index is 382. The van der Waals surface area contributed by atoms with E-state index in [2.05, 4.69) is 15.9 Å². The third kappa shape index (κ3) is 2.02. The standard InChI is InChI=1S/C11H13BrO3/c1-11(2,13)10-7-5-14-6-15-9(7)4-3-8(10)12/h3-4,13H,5-6H2,1-2H3. The second-order valence-corrected chi connectivity index (χ2v) is 4.92. The molecule has 82 valence electrons. The fraction of sp³-hybridized carbons (Fsp3) is 0.455.